The number of amides is 1. The second kappa shape index (κ2) is 7.14. The lowest BCUT2D eigenvalue weighted by Crippen LogP contribution is -2.47. The number of aromatic nitrogens is 1. The number of carbonyl (C=O) groups is 1. The van der Waals surface area contributed by atoms with Crippen molar-refractivity contribution >= 4 is 5.91 Å². The third-order valence-corrected chi connectivity index (χ3v) is 4.74. The Balaban J connectivity index is 1.64. The lowest BCUT2D eigenvalue weighted by Gasteiger charge is -2.32. The minimum Gasteiger partial charge on any atom is -0.436 e. The van der Waals surface area contributed by atoms with Gasteiger partial charge in [0.05, 0.1) is 11.8 Å². The van der Waals surface area contributed by atoms with E-state index in [-0.39, 0.29) is 5.91 Å². The van der Waals surface area contributed by atoms with Crippen LogP contribution < -0.4 is 0 Å². The molecule has 1 fully saturated rings. The van der Waals surface area contributed by atoms with E-state index in [1.807, 2.05) is 59.5 Å². The molecule has 0 atom stereocenters. The lowest BCUT2D eigenvalue weighted by molar-refractivity contribution is 0.0664. The molecule has 1 aliphatic rings. The minimum atomic E-state index is 0.0353. The van der Waals surface area contributed by atoms with E-state index in [2.05, 4.69) is 16.9 Å². The Labute approximate surface area is 152 Å². The number of piperazine rings is 1. The maximum Gasteiger partial charge on any atom is 0.254 e. The molecule has 1 aliphatic heterocycles. The van der Waals surface area contributed by atoms with Gasteiger partial charge in [0.2, 0.25) is 5.89 Å². The highest BCUT2D eigenvalue weighted by Gasteiger charge is 2.24. The molecule has 132 valence electrons. The van der Waals surface area contributed by atoms with Crippen LogP contribution in [0.1, 0.15) is 10.4 Å². The summed E-state index contributed by atoms with van der Waals surface area (Å²) in [6.07, 6.45) is 1.71. The Morgan fingerprint density at radius 1 is 0.962 bits per heavy atom. The molecule has 1 saturated heterocycles. The Kier molecular flexibility index (Phi) is 4.54. The number of nitrogens with zero attached hydrogens (tertiary/aromatic N) is 3. The maximum atomic E-state index is 13.0. The molecule has 0 N–H and O–H groups in total. The van der Waals surface area contributed by atoms with Crippen LogP contribution in [0, 0.1) is 0 Å². The SMILES string of the molecule is CN1CCN(C(=O)c2ccccc2-c2ncc(-c3ccccc3)o2)CC1. The second-order valence-electron chi connectivity index (χ2n) is 6.54. The average Bonchev–Trinajstić information content (AvgIpc) is 3.19. The smallest absolute Gasteiger partial charge is 0.254 e. The van der Waals surface area contributed by atoms with Gasteiger partial charge in [0.15, 0.2) is 5.76 Å². The first-order chi connectivity index (χ1) is 12.7. The van der Waals surface area contributed by atoms with E-state index in [4.69, 9.17) is 4.42 Å². The molecule has 4 rings (SSSR count). The Bertz CT molecular complexity index is 896. The molecule has 0 spiro atoms. The third-order valence-electron chi connectivity index (χ3n) is 4.74. The number of oxazole rings is 1. The van der Waals surface area contributed by atoms with E-state index in [9.17, 15) is 4.79 Å². The number of carbonyl (C=O) groups excluding carboxylic acids is 1. The Hall–Kier alpha value is -2.92. The van der Waals surface area contributed by atoms with Gasteiger partial charge in [0, 0.05) is 37.3 Å². The minimum absolute atomic E-state index is 0.0353. The van der Waals surface area contributed by atoms with Crippen molar-refractivity contribution in [3.8, 4) is 22.8 Å². The molecule has 3 aromatic rings. The number of benzene rings is 2. The number of rotatable bonds is 3. The average molecular weight is 347 g/mol. The van der Waals surface area contributed by atoms with Crippen LogP contribution in [0.2, 0.25) is 0 Å². The Morgan fingerprint density at radius 3 is 2.42 bits per heavy atom. The van der Waals surface area contributed by atoms with Crippen molar-refractivity contribution in [2.75, 3.05) is 33.2 Å². The van der Waals surface area contributed by atoms with Gasteiger partial charge >= 0.3 is 0 Å². The summed E-state index contributed by atoms with van der Waals surface area (Å²) in [4.78, 5) is 21.6. The largest absolute Gasteiger partial charge is 0.436 e. The fraction of sp³-hybridized carbons (Fsp3) is 0.238. The van der Waals surface area contributed by atoms with Crippen LogP contribution in [0.4, 0.5) is 0 Å². The van der Waals surface area contributed by atoms with Gasteiger partial charge in [-0.15, -0.1) is 0 Å². The quantitative estimate of drug-likeness (QED) is 0.729. The summed E-state index contributed by atoms with van der Waals surface area (Å²) >= 11 is 0. The Morgan fingerprint density at radius 2 is 1.65 bits per heavy atom. The topological polar surface area (TPSA) is 49.6 Å². The van der Waals surface area contributed by atoms with E-state index in [0.29, 0.717) is 17.2 Å². The van der Waals surface area contributed by atoms with Gasteiger partial charge in [-0.1, -0.05) is 42.5 Å². The fourth-order valence-electron chi connectivity index (χ4n) is 3.17. The highest BCUT2D eigenvalue weighted by atomic mass is 16.4. The van der Waals surface area contributed by atoms with Crippen LogP contribution in [0.15, 0.2) is 65.2 Å². The van der Waals surface area contributed by atoms with Crippen molar-refractivity contribution in [2.24, 2.45) is 0 Å². The van der Waals surface area contributed by atoms with Crippen LogP contribution in [-0.4, -0.2) is 53.9 Å². The first kappa shape index (κ1) is 16.5. The molecule has 1 aromatic heterocycles. The van der Waals surface area contributed by atoms with Gasteiger partial charge in [0.25, 0.3) is 5.91 Å². The molecule has 2 aromatic carbocycles. The maximum absolute atomic E-state index is 13.0. The number of hydrogen-bond acceptors (Lipinski definition) is 4. The number of hydrogen-bond donors (Lipinski definition) is 0. The normalized spacial score (nSPS) is 15.2. The van der Waals surface area contributed by atoms with Crippen LogP contribution in [0.25, 0.3) is 22.8 Å². The van der Waals surface area contributed by atoms with Crippen molar-refractivity contribution < 1.29 is 9.21 Å². The molecule has 0 bridgehead atoms. The molecule has 0 unspecified atom stereocenters. The molecule has 26 heavy (non-hydrogen) atoms. The predicted molar refractivity (Wildman–Crippen MR) is 101 cm³/mol. The molecular formula is C21H21N3O2. The monoisotopic (exact) mass is 347 g/mol. The summed E-state index contributed by atoms with van der Waals surface area (Å²) in [5.74, 6) is 1.21. The molecule has 5 nitrogen and oxygen atoms in total. The van der Waals surface area contributed by atoms with Gasteiger partial charge in [-0.05, 0) is 19.2 Å². The van der Waals surface area contributed by atoms with E-state index in [1.165, 1.54) is 0 Å². The van der Waals surface area contributed by atoms with Crippen molar-refractivity contribution in [3.05, 3.63) is 66.4 Å². The van der Waals surface area contributed by atoms with Gasteiger partial charge in [-0.3, -0.25) is 4.79 Å². The lowest BCUT2D eigenvalue weighted by atomic mass is 10.1. The van der Waals surface area contributed by atoms with Gasteiger partial charge in [0.1, 0.15) is 0 Å². The first-order valence-electron chi connectivity index (χ1n) is 8.81. The summed E-state index contributed by atoms with van der Waals surface area (Å²) in [5.41, 5.74) is 2.34. The zero-order valence-corrected chi connectivity index (χ0v) is 14.8. The molecule has 2 heterocycles. The van der Waals surface area contributed by atoms with Crippen LogP contribution >= 0.6 is 0 Å². The zero-order valence-electron chi connectivity index (χ0n) is 14.8. The van der Waals surface area contributed by atoms with Crippen LogP contribution in [0.3, 0.4) is 0 Å². The molecule has 0 aliphatic carbocycles. The standard InChI is InChI=1S/C21H21N3O2/c1-23-11-13-24(14-12-23)21(25)18-10-6-5-9-17(18)20-22-15-19(26-20)16-7-3-2-4-8-16/h2-10,15H,11-14H2,1H3. The predicted octanol–water partition coefficient (Wildman–Crippen LogP) is 3.40. The molecular weight excluding hydrogens is 326 g/mol. The van der Waals surface area contributed by atoms with E-state index >= 15 is 0 Å². The molecule has 0 saturated carbocycles. The van der Waals surface area contributed by atoms with Crippen LogP contribution in [-0.2, 0) is 0 Å². The van der Waals surface area contributed by atoms with Gasteiger partial charge in [-0.25, -0.2) is 4.98 Å². The molecule has 5 heteroatoms. The summed E-state index contributed by atoms with van der Waals surface area (Å²) in [6, 6.07) is 17.4. The van der Waals surface area contributed by atoms with Crippen LogP contribution in [0.5, 0.6) is 0 Å². The van der Waals surface area contributed by atoms with Gasteiger partial charge in [-0.2, -0.15) is 0 Å². The van der Waals surface area contributed by atoms with Crippen molar-refractivity contribution in [3.63, 3.8) is 0 Å². The second-order valence-corrected chi connectivity index (χ2v) is 6.54. The highest BCUT2D eigenvalue weighted by molar-refractivity contribution is 6.00. The van der Waals surface area contributed by atoms with Crippen molar-refractivity contribution in [2.45, 2.75) is 0 Å². The summed E-state index contributed by atoms with van der Waals surface area (Å²) in [6.45, 7) is 3.27. The molecule has 0 radical (unpaired) electrons. The first-order valence-corrected chi connectivity index (χ1v) is 8.81. The van der Waals surface area contributed by atoms with E-state index in [0.717, 1.165) is 37.3 Å². The summed E-state index contributed by atoms with van der Waals surface area (Å²) < 4.78 is 5.96. The zero-order chi connectivity index (χ0) is 17.9. The van der Waals surface area contributed by atoms with E-state index < -0.39 is 0 Å². The summed E-state index contributed by atoms with van der Waals surface area (Å²) in [5, 5.41) is 0. The summed E-state index contributed by atoms with van der Waals surface area (Å²) in [7, 11) is 2.08. The van der Waals surface area contributed by atoms with E-state index in [1.54, 1.807) is 6.20 Å². The third kappa shape index (κ3) is 3.26. The fourth-order valence-corrected chi connectivity index (χ4v) is 3.17. The van der Waals surface area contributed by atoms with Crippen molar-refractivity contribution in [1.29, 1.82) is 0 Å². The van der Waals surface area contributed by atoms with Crippen molar-refractivity contribution in [1.82, 2.24) is 14.8 Å². The van der Waals surface area contributed by atoms with Gasteiger partial charge < -0.3 is 14.2 Å². The molecule has 1 amide bonds. The number of likely N-dealkylation sites (N-methyl/N-ethyl adjacent to an activating group) is 1. The highest BCUT2D eigenvalue weighted by Crippen LogP contribution is 2.28.